The molecule has 2 rings (SSSR count). The molecule has 0 saturated heterocycles. The van der Waals surface area contributed by atoms with Crippen molar-refractivity contribution in [3.63, 3.8) is 0 Å². The van der Waals surface area contributed by atoms with Crippen LogP contribution in [0.25, 0.3) is 6.08 Å². The van der Waals surface area contributed by atoms with E-state index < -0.39 is 22.0 Å². The van der Waals surface area contributed by atoms with Gasteiger partial charge in [0.2, 0.25) is 0 Å². The Morgan fingerprint density at radius 2 is 1.46 bits per heavy atom. The molecule has 0 heterocycles. The van der Waals surface area contributed by atoms with E-state index in [9.17, 15) is 18.0 Å². The lowest BCUT2D eigenvalue weighted by atomic mass is 10.1. The van der Waals surface area contributed by atoms with Crippen molar-refractivity contribution < 1.29 is 28.2 Å². The molecule has 0 aromatic heterocycles. The Bertz CT molecular complexity index is 871. The molecule has 0 unspecified atom stereocenters. The molecular weight excluding hydrogens is 334 g/mol. The van der Waals surface area contributed by atoms with Crippen LogP contribution in [0.3, 0.4) is 0 Å². The largest absolute Gasteiger partial charge is 0.478 e. The number of carboxylic acids is 2. The van der Waals surface area contributed by atoms with E-state index >= 15 is 0 Å². The van der Waals surface area contributed by atoms with Crippen molar-refractivity contribution >= 4 is 33.7 Å². The van der Waals surface area contributed by atoms with E-state index in [1.54, 1.807) is 30.3 Å². The van der Waals surface area contributed by atoms with Crippen LogP contribution in [0.15, 0.2) is 53.9 Å². The molecule has 2 aromatic carbocycles. The molecule has 0 aliphatic rings. The molecule has 0 spiro atoms. The number of sulfonamides is 1. The molecule has 0 radical (unpaired) electrons. The second-order valence-electron chi connectivity index (χ2n) is 4.77. The lowest BCUT2D eigenvalue weighted by molar-refractivity contribution is 0.0696. The third kappa shape index (κ3) is 4.68. The normalized spacial score (nSPS) is 11.3. The first-order chi connectivity index (χ1) is 11.3. The van der Waals surface area contributed by atoms with Crippen molar-refractivity contribution in [1.82, 2.24) is 0 Å². The number of aromatic carboxylic acids is 2. The van der Waals surface area contributed by atoms with Gasteiger partial charge in [-0.2, -0.15) is 0 Å². The van der Waals surface area contributed by atoms with Crippen molar-refractivity contribution in [3.8, 4) is 0 Å². The summed E-state index contributed by atoms with van der Waals surface area (Å²) in [5.74, 6) is -2.73. The van der Waals surface area contributed by atoms with Gasteiger partial charge in [-0.25, -0.2) is 18.0 Å². The maximum Gasteiger partial charge on any atom is 0.335 e. The van der Waals surface area contributed by atoms with Gasteiger partial charge in [0.15, 0.2) is 0 Å². The Labute approximate surface area is 137 Å². The number of rotatable bonds is 6. The van der Waals surface area contributed by atoms with E-state index in [-0.39, 0.29) is 16.8 Å². The summed E-state index contributed by atoms with van der Waals surface area (Å²) in [6, 6.07) is 11.7. The number of carboxylic acid groups (broad SMARTS) is 2. The van der Waals surface area contributed by atoms with Gasteiger partial charge in [0.05, 0.1) is 22.2 Å². The summed E-state index contributed by atoms with van der Waals surface area (Å²) in [7, 11) is -3.93. The maximum atomic E-state index is 12.0. The molecular formula is C16H13NO6S. The van der Waals surface area contributed by atoms with Crippen molar-refractivity contribution in [2.75, 3.05) is 4.72 Å². The average Bonchev–Trinajstić information content (AvgIpc) is 2.53. The van der Waals surface area contributed by atoms with Crippen LogP contribution in [-0.2, 0) is 10.0 Å². The first kappa shape index (κ1) is 17.2. The van der Waals surface area contributed by atoms with E-state index in [0.29, 0.717) is 5.56 Å². The van der Waals surface area contributed by atoms with Gasteiger partial charge in [-0.3, -0.25) is 4.72 Å². The van der Waals surface area contributed by atoms with Crippen LogP contribution in [0.1, 0.15) is 26.3 Å². The summed E-state index contributed by atoms with van der Waals surface area (Å²) in [6.45, 7) is 0. The van der Waals surface area contributed by atoms with Gasteiger partial charge in [0, 0.05) is 0 Å². The van der Waals surface area contributed by atoms with E-state index in [2.05, 4.69) is 4.72 Å². The molecule has 0 bridgehead atoms. The highest BCUT2D eigenvalue weighted by atomic mass is 32.2. The first-order valence-electron chi connectivity index (χ1n) is 6.64. The van der Waals surface area contributed by atoms with Gasteiger partial charge in [-0.1, -0.05) is 30.3 Å². The number of nitrogens with one attached hydrogen (secondary N) is 1. The maximum absolute atomic E-state index is 12.0. The van der Waals surface area contributed by atoms with Gasteiger partial charge in [0.1, 0.15) is 0 Å². The fraction of sp³-hybridized carbons (Fsp3) is 0. The van der Waals surface area contributed by atoms with Crippen LogP contribution in [0.5, 0.6) is 0 Å². The quantitative estimate of drug-likeness (QED) is 0.738. The molecule has 2 aromatic rings. The molecule has 0 aliphatic heterocycles. The molecule has 7 nitrogen and oxygen atoms in total. The highest BCUT2D eigenvalue weighted by Crippen LogP contribution is 2.17. The standard InChI is InChI=1S/C16H13NO6S/c18-15(19)12-8-13(16(20)21)10-14(9-12)17-24(22,23)7-6-11-4-2-1-3-5-11/h1-10,17H,(H,18,19)(H,20,21). The fourth-order valence-electron chi connectivity index (χ4n) is 1.86. The second kappa shape index (κ2) is 6.97. The zero-order valence-electron chi connectivity index (χ0n) is 12.2. The third-order valence-electron chi connectivity index (χ3n) is 2.93. The molecule has 0 amide bonds. The number of anilines is 1. The highest BCUT2D eigenvalue weighted by molar-refractivity contribution is 7.95. The molecule has 8 heteroatoms. The Morgan fingerprint density at radius 1 is 0.917 bits per heavy atom. The second-order valence-corrected chi connectivity index (χ2v) is 6.34. The highest BCUT2D eigenvalue weighted by Gasteiger charge is 2.14. The van der Waals surface area contributed by atoms with Gasteiger partial charge >= 0.3 is 11.9 Å². The predicted molar refractivity (Wildman–Crippen MR) is 88.4 cm³/mol. The van der Waals surface area contributed by atoms with Crippen molar-refractivity contribution in [2.45, 2.75) is 0 Å². The summed E-state index contributed by atoms with van der Waals surface area (Å²) in [6.07, 6.45) is 1.36. The number of carbonyl (C=O) groups is 2. The van der Waals surface area contributed by atoms with E-state index in [1.165, 1.54) is 6.08 Å². The number of benzene rings is 2. The minimum atomic E-state index is -3.93. The van der Waals surface area contributed by atoms with Crippen molar-refractivity contribution in [1.29, 1.82) is 0 Å². The van der Waals surface area contributed by atoms with Crippen LogP contribution in [0.2, 0.25) is 0 Å². The summed E-state index contributed by atoms with van der Waals surface area (Å²) in [5, 5.41) is 18.9. The van der Waals surface area contributed by atoms with Crippen molar-refractivity contribution in [3.05, 3.63) is 70.6 Å². The van der Waals surface area contributed by atoms with Crippen LogP contribution in [0.4, 0.5) is 5.69 Å². The number of hydrogen-bond acceptors (Lipinski definition) is 4. The van der Waals surface area contributed by atoms with E-state index in [0.717, 1.165) is 23.6 Å². The van der Waals surface area contributed by atoms with Crippen LogP contribution in [0, 0.1) is 0 Å². The smallest absolute Gasteiger partial charge is 0.335 e. The summed E-state index contributed by atoms with van der Waals surface area (Å²) >= 11 is 0. The van der Waals surface area contributed by atoms with Crippen molar-refractivity contribution in [2.24, 2.45) is 0 Å². The van der Waals surface area contributed by atoms with E-state index in [1.807, 2.05) is 0 Å². The molecule has 0 atom stereocenters. The Kier molecular flexibility index (Phi) is 5.00. The number of hydrogen-bond donors (Lipinski definition) is 3. The zero-order chi connectivity index (χ0) is 17.7. The molecule has 0 saturated carbocycles. The van der Waals surface area contributed by atoms with Crippen LogP contribution < -0.4 is 4.72 Å². The minimum Gasteiger partial charge on any atom is -0.478 e. The summed E-state index contributed by atoms with van der Waals surface area (Å²) in [5.41, 5.74) is -0.155. The van der Waals surface area contributed by atoms with Crippen LogP contribution in [-0.4, -0.2) is 30.6 Å². The fourth-order valence-corrected chi connectivity index (χ4v) is 2.71. The SMILES string of the molecule is O=C(O)c1cc(NS(=O)(=O)C=Cc2ccccc2)cc(C(=O)O)c1. The van der Waals surface area contributed by atoms with E-state index in [4.69, 9.17) is 10.2 Å². The molecule has 124 valence electrons. The van der Waals surface area contributed by atoms with Gasteiger partial charge in [0.25, 0.3) is 10.0 Å². The molecule has 0 fully saturated rings. The Morgan fingerprint density at radius 3 is 1.96 bits per heavy atom. The van der Waals surface area contributed by atoms with Gasteiger partial charge in [-0.05, 0) is 29.8 Å². The van der Waals surface area contributed by atoms with Crippen LogP contribution >= 0.6 is 0 Å². The lowest BCUT2D eigenvalue weighted by Crippen LogP contribution is -2.11. The molecule has 24 heavy (non-hydrogen) atoms. The summed E-state index contributed by atoms with van der Waals surface area (Å²) < 4.78 is 26.2. The first-order valence-corrected chi connectivity index (χ1v) is 8.19. The monoisotopic (exact) mass is 347 g/mol. The third-order valence-corrected chi connectivity index (χ3v) is 3.94. The van der Waals surface area contributed by atoms with Gasteiger partial charge < -0.3 is 10.2 Å². The van der Waals surface area contributed by atoms with Gasteiger partial charge in [-0.15, -0.1) is 0 Å². The minimum absolute atomic E-state index is 0.148. The molecule has 0 aliphatic carbocycles. The zero-order valence-corrected chi connectivity index (χ0v) is 13.0. The summed E-state index contributed by atoms with van der Waals surface area (Å²) in [4.78, 5) is 22.0. The topological polar surface area (TPSA) is 121 Å². The average molecular weight is 347 g/mol. The lowest BCUT2D eigenvalue weighted by Gasteiger charge is -2.07. The predicted octanol–water partition coefficient (Wildman–Crippen LogP) is 2.50. The Balaban J connectivity index is 2.30. The Hall–Kier alpha value is -3.13. The molecule has 3 N–H and O–H groups in total.